The normalized spacial score (nSPS) is 36.9. The second-order valence-corrected chi connectivity index (χ2v) is 8.59. The largest absolute Gasteiger partial charge is 0.377 e. The highest BCUT2D eigenvalue weighted by molar-refractivity contribution is 7.11. The number of hydrogen-bond acceptors (Lipinski definition) is 4. The van der Waals surface area contributed by atoms with Gasteiger partial charge in [-0.05, 0) is 45.4 Å². The second kappa shape index (κ2) is 4.53. The highest BCUT2D eigenvalue weighted by Gasteiger charge is 2.66. The molecule has 21 heavy (non-hydrogen) atoms. The Bertz CT molecular complexity index is 544. The first-order valence-electron chi connectivity index (χ1n) is 8.64. The van der Waals surface area contributed by atoms with Crippen LogP contribution in [0.4, 0.5) is 0 Å². The molecule has 1 aliphatic heterocycles. The zero-order valence-electron chi connectivity index (χ0n) is 12.7. The van der Waals surface area contributed by atoms with Crippen LogP contribution < -0.4 is 5.32 Å². The predicted molar refractivity (Wildman–Crippen MR) is 83.6 cm³/mol. The number of nitrogens with one attached hydrogen (secondary N) is 1. The molecule has 0 amide bonds. The number of aryl methyl sites for hydroxylation is 2. The molecule has 1 aromatic rings. The average molecular weight is 304 g/mol. The van der Waals surface area contributed by atoms with Crippen LogP contribution in [0.5, 0.6) is 0 Å². The molecule has 0 aromatic carbocycles. The maximum Gasteiger partial charge on any atom is 0.110 e. The molecule has 0 radical (unpaired) electrons. The topological polar surface area (TPSA) is 34.1 Å². The number of hydrogen-bond donors (Lipinski definition) is 1. The lowest BCUT2D eigenvalue weighted by molar-refractivity contribution is -0.178. The van der Waals surface area contributed by atoms with E-state index in [0.717, 1.165) is 12.5 Å². The van der Waals surface area contributed by atoms with Gasteiger partial charge in [-0.1, -0.05) is 6.42 Å². The zero-order valence-corrected chi connectivity index (χ0v) is 13.5. The van der Waals surface area contributed by atoms with Crippen LogP contribution in [-0.2, 0) is 17.6 Å². The molecule has 0 unspecified atom stereocenters. The minimum absolute atomic E-state index is 0.407. The molecule has 1 N–H and O–H groups in total. The molecule has 1 spiro atoms. The molecular weight excluding hydrogens is 280 g/mol. The van der Waals surface area contributed by atoms with Crippen LogP contribution in [0.2, 0.25) is 0 Å². The summed E-state index contributed by atoms with van der Waals surface area (Å²) in [6, 6.07) is 1.08. The van der Waals surface area contributed by atoms with Gasteiger partial charge in [0.05, 0.1) is 17.8 Å². The molecule has 0 bridgehead atoms. The monoisotopic (exact) mass is 304 g/mol. The third kappa shape index (κ3) is 1.70. The van der Waals surface area contributed by atoms with Crippen molar-refractivity contribution in [1.29, 1.82) is 0 Å². The molecule has 4 aliphatic rings. The summed E-state index contributed by atoms with van der Waals surface area (Å²) in [6.07, 6.45) is 9.71. The van der Waals surface area contributed by atoms with Crippen molar-refractivity contribution in [3.05, 3.63) is 15.6 Å². The van der Waals surface area contributed by atoms with Crippen LogP contribution in [0.1, 0.15) is 60.6 Å². The van der Waals surface area contributed by atoms with E-state index >= 15 is 0 Å². The Labute approximate surface area is 130 Å². The summed E-state index contributed by atoms with van der Waals surface area (Å²) in [5.41, 5.74) is 1.87. The Morgan fingerprint density at radius 3 is 3.00 bits per heavy atom. The Morgan fingerprint density at radius 1 is 1.33 bits per heavy atom. The van der Waals surface area contributed by atoms with Gasteiger partial charge in [-0.15, -0.1) is 11.3 Å². The van der Waals surface area contributed by atoms with E-state index < -0.39 is 0 Å². The van der Waals surface area contributed by atoms with Crippen molar-refractivity contribution in [2.24, 2.45) is 11.3 Å². The van der Waals surface area contributed by atoms with Gasteiger partial charge in [0.15, 0.2) is 0 Å². The Kier molecular flexibility index (Phi) is 2.81. The van der Waals surface area contributed by atoms with Crippen molar-refractivity contribution in [3.8, 4) is 0 Å². The van der Waals surface area contributed by atoms with Gasteiger partial charge in [0.1, 0.15) is 5.01 Å². The second-order valence-electron chi connectivity index (χ2n) is 7.47. The van der Waals surface area contributed by atoms with Crippen molar-refractivity contribution >= 4 is 11.3 Å². The summed E-state index contributed by atoms with van der Waals surface area (Å²) >= 11 is 1.95. The van der Waals surface area contributed by atoms with Gasteiger partial charge < -0.3 is 10.1 Å². The highest BCUT2D eigenvalue weighted by Crippen LogP contribution is 2.63. The van der Waals surface area contributed by atoms with E-state index in [0.29, 0.717) is 23.6 Å². The van der Waals surface area contributed by atoms with E-state index in [-0.39, 0.29) is 0 Å². The van der Waals surface area contributed by atoms with Crippen LogP contribution in [0.3, 0.4) is 0 Å². The van der Waals surface area contributed by atoms with Gasteiger partial charge in [-0.2, -0.15) is 0 Å². The molecule has 1 saturated heterocycles. The quantitative estimate of drug-likeness (QED) is 0.931. The molecule has 5 rings (SSSR count). The molecule has 2 saturated carbocycles. The van der Waals surface area contributed by atoms with Gasteiger partial charge in [-0.3, -0.25) is 0 Å². The average Bonchev–Trinajstić information content (AvgIpc) is 3.07. The summed E-state index contributed by atoms with van der Waals surface area (Å²) < 4.78 is 6.02. The summed E-state index contributed by atoms with van der Waals surface area (Å²) in [6.45, 7) is 3.29. The molecule has 3 fully saturated rings. The molecule has 4 heteroatoms. The van der Waals surface area contributed by atoms with E-state index in [1.165, 1.54) is 55.6 Å². The van der Waals surface area contributed by atoms with Crippen molar-refractivity contribution in [1.82, 2.24) is 10.3 Å². The number of nitrogens with zero attached hydrogens (tertiary/aromatic N) is 1. The van der Waals surface area contributed by atoms with E-state index in [1.54, 1.807) is 4.88 Å². The minimum Gasteiger partial charge on any atom is -0.377 e. The molecule has 1 aromatic heterocycles. The summed E-state index contributed by atoms with van der Waals surface area (Å²) in [5.74, 6) is 0.763. The van der Waals surface area contributed by atoms with Crippen LogP contribution >= 0.6 is 11.3 Å². The van der Waals surface area contributed by atoms with E-state index in [4.69, 9.17) is 9.72 Å². The Morgan fingerprint density at radius 2 is 2.24 bits per heavy atom. The summed E-state index contributed by atoms with van der Waals surface area (Å²) in [5, 5.41) is 5.27. The molecular formula is C17H24N2OS. The number of thiazole rings is 1. The third-order valence-electron chi connectivity index (χ3n) is 6.45. The van der Waals surface area contributed by atoms with Gasteiger partial charge in [-0.25, -0.2) is 4.98 Å². The third-order valence-corrected chi connectivity index (χ3v) is 7.79. The summed E-state index contributed by atoms with van der Waals surface area (Å²) in [7, 11) is 0. The lowest BCUT2D eigenvalue weighted by Crippen LogP contribution is -2.71. The molecule has 114 valence electrons. The van der Waals surface area contributed by atoms with Gasteiger partial charge in [0.2, 0.25) is 0 Å². The number of ether oxygens (including phenoxy) is 1. The fraction of sp³-hybridized carbons (Fsp3) is 0.824. The van der Waals surface area contributed by atoms with E-state index in [1.807, 2.05) is 11.3 Å². The summed E-state index contributed by atoms with van der Waals surface area (Å²) in [4.78, 5) is 6.45. The standard InChI is InChI=1S/C17H24N2OS/c1-10(16-19-12-4-2-5-13(12)21-16)18-14-11-6-9-20-15(11)17(14)7-3-8-17/h10-11,14-15,18H,2-9H2,1H3/t10-,11-,14+,15+/m0/s1. The minimum atomic E-state index is 0.407. The molecule has 2 heterocycles. The maximum absolute atomic E-state index is 6.02. The fourth-order valence-corrected chi connectivity index (χ4v) is 6.40. The van der Waals surface area contributed by atoms with Crippen LogP contribution in [0, 0.1) is 11.3 Å². The smallest absolute Gasteiger partial charge is 0.110 e. The van der Waals surface area contributed by atoms with Gasteiger partial charge >= 0.3 is 0 Å². The van der Waals surface area contributed by atoms with Crippen LogP contribution in [-0.4, -0.2) is 23.7 Å². The first-order valence-corrected chi connectivity index (χ1v) is 9.46. The van der Waals surface area contributed by atoms with Gasteiger partial charge in [0.25, 0.3) is 0 Å². The number of aromatic nitrogens is 1. The molecule has 3 nitrogen and oxygen atoms in total. The van der Waals surface area contributed by atoms with Crippen LogP contribution in [0.25, 0.3) is 0 Å². The lowest BCUT2D eigenvalue weighted by atomic mass is 9.46. The zero-order chi connectivity index (χ0) is 14.0. The SMILES string of the molecule is C[C@H](N[C@@H]1[C@@H]2CCO[C@H]2C12CCC2)c1nc2c(s1)CCC2. The first-order chi connectivity index (χ1) is 10.3. The number of fused-ring (bicyclic) bond motifs is 3. The van der Waals surface area contributed by atoms with Crippen LogP contribution in [0.15, 0.2) is 0 Å². The van der Waals surface area contributed by atoms with E-state index in [2.05, 4.69) is 12.2 Å². The van der Waals surface area contributed by atoms with Crippen molar-refractivity contribution in [3.63, 3.8) is 0 Å². The lowest BCUT2D eigenvalue weighted by Gasteiger charge is -2.64. The highest BCUT2D eigenvalue weighted by atomic mass is 32.1. The van der Waals surface area contributed by atoms with Gasteiger partial charge in [0, 0.05) is 28.9 Å². The Hall–Kier alpha value is -0.450. The predicted octanol–water partition coefficient (Wildman–Crippen LogP) is 3.24. The van der Waals surface area contributed by atoms with Crippen molar-refractivity contribution in [2.45, 2.75) is 70.1 Å². The van der Waals surface area contributed by atoms with Crippen molar-refractivity contribution in [2.75, 3.05) is 6.61 Å². The Balaban J connectivity index is 1.34. The molecule has 3 aliphatic carbocycles. The van der Waals surface area contributed by atoms with Crippen molar-refractivity contribution < 1.29 is 4.74 Å². The number of rotatable bonds is 3. The molecule has 4 atom stereocenters. The fourth-order valence-electron chi connectivity index (χ4n) is 5.23. The maximum atomic E-state index is 6.02. The first kappa shape index (κ1) is 13.0. The van der Waals surface area contributed by atoms with E-state index in [9.17, 15) is 0 Å².